The topological polar surface area (TPSA) is 54.5 Å². The van der Waals surface area contributed by atoms with E-state index in [2.05, 4.69) is 11.8 Å². The van der Waals surface area contributed by atoms with E-state index in [0.717, 1.165) is 19.4 Å². The summed E-state index contributed by atoms with van der Waals surface area (Å²) >= 11 is 0. The van der Waals surface area contributed by atoms with E-state index >= 15 is 0 Å². The van der Waals surface area contributed by atoms with Crippen LogP contribution in [0.1, 0.15) is 54.9 Å². The van der Waals surface area contributed by atoms with Crippen molar-refractivity contribution < 1.29 is 13.2 Å². The molecule has 1 aliphatic carbocycles. The van der Waals surface area contributed by atoms with E-state index in [1.54, 1.807) is 54.6 Å². The van der Waals surface area contributed by atoms with Gasteiger partial charge in [-0.25, -0.2) is 8.42 Å². The van der Waals surface area contributed by atoms with Crippen molar-refractivity contribution >= 4 is 15.7 Å². The predicted octanol–water partition coefficient (Wildman–Crippen LogP) is 4.70. The summed E-state index contributed by atoms with van der Waals surface area (Å²) in [5.74, 6) is 1.34. The van der Waals surface area contributed by atoms with Gasteiger partial charge < -0.3 is 4.90 Å². The average molecular weight is 412 g/mol. The van der Waals surface area contributed by atoms with Gasteiger partial charge in [0.05, 0.1) is 10.6 Å². The number of carbonyl (C=O) groups excluding carboxylic acids is 1. The van der Waals surface area contributed by atoms with Gasteiger partial charge >= 0.3 is 0 Å². The second-order valence-corrected chi connectivity index (χ2v) is 10.5. The largest absolute Gasteiger partial charge is 0.335 e. The third-order valence-electron chi connectivity index (χ3n) is 6.66. The summed E-state index contributed by atoms with van der Waals surface area (Å²) in [4.78, 5) is 15.6. The lowest BCUT2D eigenvalue weighted by atomic mass is 9.72. The molecule has 2 aliphatic rings. The van der Waals surface area contributed by atoms with E-state index in [1.165, 1.54) is 19.3 Å². The van der Waals surface area contributed by atoms with Crippen LogP contribution < -0.4 is 0 Å². The van der Waals surface area contributed by atoms with Crippen LogP contribution in [0.4, 0.5) is 0 Å². The van der Waals surface area contributed by atoms with Gasteiger partial charge in [0.15, 0.2) is 9.84 Å². The summed E-state index contributed by atoms with van der Waals surface area (Å²) in [5, 5.41) is 0. The number of carbonyl (C=O) groups is 1. The first-order valence-electron chi connectivity index (χ1n) is 10.6. The molecular formula is C24H29NO3S. The van der Waals surface area contributed by atoms with Crippen LogP contribution in [0.15, 0.2) is 59.5 Å². The molecule has 29 heavy (non-hydrogen) atoms. The molecule has 5 heteroatoms. The van der Waals surface area contributed by atoms with E-state index < -0.39 is 9.84 Å². The standard InChI is InChI=1S/C24H29NO3S/c1-18-15-16-25(23-10-6-5-9-22(18)23)24(26)20-13-11-19(12-14-20)17-29(27,28)21-7-3-2-4-8-21/h2-4,7-8,11-14,18,22-23H,5-6,9-10,15-17H2,1H3/t18-,22+,23+/m1/s1. The monoisotopic (exact) mass is 411 g/mol. The molecule has 1 saturated carbocycles. The van der Waals surface area contributed by atoms with Crippen molar-refractivity contribution in [2.45, 2.75) is 55.7 Å². The molecule has 1 heterocycles. The molecule has 1 amide bonds. The Morgan fingerprint density at radius 2 is 1.66 bits per heavy atom. The molecule has 4 rings (SSSR count). The second kappa shape index (κ2) is 8.31. The fourth-order valence-electron chi connectivity index (χ4n) is 5.01. The van der Waals surface area contributed by atoms with E-state index in [-0.39, 0.29) is 11.7 Å². The minimum atomic E-state index is -3.38. The third kappa shape index (κ3) is 4.25. The Hall–Kier alpha value is -2.14. The zero-order valence-corrected chi connectivity index (χ0v) is 17.8. The molecule has 2 aromatic rings. The van der Waals surface area contributed by atoms with Gasteiger partial charge in [0.25, 0.3) is 5.91 Å². The van der Waals surface area contributed by atoms with Crippen LogP contribution in [-0.4, -0.2) is 31.8 Å². The van der Waals surface area contributed by atoms with Crippen LogP contribution in [0, 0.1) is 11.8 Å². The van der Waals surface area contributed by atoms with Crippen LogP contribution in [0.2, 0.25) is 0 Å². The SMILES string of the molecule is C[C@@H]1CCN(C(=O)c2ccc(CS(=O)(=O)c3ccccc3)cc2)[C@H]2CCCC[C@@H]12. The third-order valence-corrected chi connectivity index (χ3v) is 8.36. The van der Waals surface area contributed by atoms with Crippen LogP contribution in [0.3, 0.4) is 0 Å². The highest BCUT2D eigenvalue weighted by atomic mass is 32.2. The number of sulfone groups is 1. The number of hydrogen-bond donors (Lipinski definition) is 0. The lowest BCUT2D eigenvalue weighted by molar-refractivity contribution is 0.0218. The maximum atomic E-state index is 13.2. The highest BCUT2D eigenvalue weighted by Gasteiger charge is 2.39. The quantitative estimate of drug-likeness (QED) is 0.733. The molecule has 2 fully saturated rings. The summed E-state index contributed by atoms with van der Waals surface area (Å²) < 4.78 is 25.2. The van der Waals surface area contributed by atoms with Crippen molar-refractivity contribution in [1.29, 1.82) is 0 Å². The Morgan fingerprint density at radius 3 is 2.38 bits per heavy atom. The molecule has 154 valence electrons. The first-order chi connectivity index (χ1) is 14.0. The highest BCUT2D eigenvalue weighted by Crippen LogP contribution is 2.39. The molecule has 1 saturated heterocycles. The number of hydrogen-bond acceptors (Lipinski definition) is 3. The minimum absolute atomic E-state index is 0.0581. The lowest BCUT2D eigenvalue weighted by Gasteiger charge is -2.47. The zero-order valence-electron chi connectivity index (χ0n) is 17.0. The number of nitrogens with zero attached hydrogens (tertiary/aromatic N) is 1. The van der Waals surface area contributed by atoms with Crippen molar-refractivity contribution in [3.05, 3.63) is 65.7 Å². The second-order valence-electron chi connectivity index (χ2n) is 8.55. The summed E-state index contributed by atoms with van der Waals surface area (Å²) in [6.45, 7) is 3.15. The molecular weight excluding hydrogens is 382 g/mol. The normalized spacial score (nSPS) is 24.7. The molecule has 0 spiro atoms. The molecule has 0 bridgehead atoms. The van der Waals surface area contributed by atoms with E-state index in [1.807, 2.05) is 0 Å². The number of amides is 1. The van der Waals surface area contributed by atoms with Crippen molar-refractivity contribution in [3.63, 3.8) is 0 Å². The van der Waals surface area contributed by atoms with Gasteiger partial charge in [-0.05, 0) is 60.9 Å². The molecule has 2 aromatic carbocycles. The summed E-state index contributed by atoms with van der Waals surface area (Å²) in [6, 6.07) is 16.0. The van der Waals surface area contributed by atoms with Crippen LogP contribution in [0.5, 0.6) is 0 Å². The summed E-state index contributed by atoms with van der Waals surface area (Å²) in [7, 11) is -3.38. The Labute approximate surface area is 173 Å². The molecule has 0 radical (unpaired) electrons. The lowest BCUT2D eigenvalue weighted by Crippen LogP contribution is -2.52. The maximum Gasteiger partial charge on any atom is 0.254 e. The number of likely N-dealkylation sites (tertiary alicyclic amines) is 1. The van der Waals surface area contributed by atoms with Gasteiger partial charge in [0.1, 0.15) is 0 Å². The Kier molecular flexibility index (Phi) is 5.77. The van der Waals surface area contributed by atoms with Gasteiger partial charge in [-0.1, -0.05) is 50.1 Å². The molecule has 4 nitrogen and oxygen atoms in total. The van der Waals surface area contributed by atoms with E-state index in [9.17, 15) is 13.2 Å². The van der Waals surface area contributed by atoms with Crippen LogP contribution >= 0.6 is 0 Å². The predicted molar refractivity (Wildman–Crippen MR) is 114 cm³/mol. The van der Waals surface area contributed by atoms with Crippen LogP contribution in [0.25, 0.3) is 0 Å². The fourth-order valence-corrected chi connectivity index (χ4v) is 6.38. The zero-order chi connectivity index (χ0) is 20.4. The van der Waals surface area contributed by atoms with Gasteiger partial charge in [-0.3, -0.25) is 4.79 Å². The Bertz CT molecular complexity index is 953. The van der Waals surface area contributed by atoms with Gasteiger partial charge in [0, 0.05) is 18.2 Å². The van der Waals surface area contributed by atoms with Gasteiger partial charge in [-0.15, -0.1) is 0 Å². The molecule has 0 N–H and O–H groups in total. The Morgan fingerprint density at radius 1 is 0.966 bits per heavy atom. The Balaban J connectivity index is 1.48. The first kappa shape index (κ1) is 20.1. The van der Waals surface area contributed by atoms with E-state index in [4.69, 9.17) is 0 Å². The van der Waals surface area contributed by atoms with Crippen molar-refractivity contribution in [1.82, 2.24) is 4.90 Å². The minimum Gasteiger partial charge on any atom is -0.335 e. The fraction of sp³-hybridized carbons (Fsp3) is 0.458. The van der Waals surface area contributed by atoms with Crippen molar-refractivity contribution in [2.24, 2.45) is 11.8 Å². The first-order valence-corrected chi connectivity index (χ1v) is 12.3. The van der Waals surface area contributed by atoms with Gasteiger partial charge in [-0.2, -0.15) is 0 Å². The number of fused-ring (bicyclic) bond motifs is 1. The molecule has 0 unspecified atom stereocenters. The van der Waals surface area contributed by atoms with Crippen molar-refractivity contribution in [3.8, 4) is 0 Å². The maximum absolute atomic E-state index is 13.2. The number of rotatable bonds is 4. The van der Waals surface area contributed by atoms with E-state index in [0.29, 0.717) is 33.9 Å². The van der Waals surface area contributed by atoms with Crippen LogP contribution in [-0.2, 0) is 15.6 Å². The summed E-state index contributed by atoms with van der Waals surface area (Å²) in [6.07, 6.45) is 5.88. The highest BCUT2D eigenvalue weighted by molar-refractivity contribution is 7.90. The average Bonchev–Trinajstić information content (AvgIpc) is 2.75. The molecule has 1 aliphatic heterocycles. The molecule has 3 atom stereocenters. The number of piperidine rings is 1. The molecule has 0 aromatic heterocycles. The van der Waals surface area contributed by atoms with Gasteiger partial charge in [0.2, 0.25) is 0 Å². The number of benzene rings is 2. The van der Waals surface area contributed by atoms with Crippen molar-refractivity contribution in [2.75, 3.05) is 6.54 Å². The summed E-state index contributed by atoms with van der Waals surface area (Å²) in [5.41, 5.74) is 1.36. The smallest absolute Gasteiger partial charge is 0.254 e.